The average Bonchev–Trinajstić information content (AvgIpc) is 3.56. The van der Waals surface area contributed by atoms with Crippen LogP contribution in [0.25, 0.3) is 22.0 Å². The van der Waals surface area contributed by atoms with E-state index in [1.165, 1.54) is 46.7 Å². The van der Waals surface area contributed by atoms with E-state index in [4.69, 9.17) is 0 Å². The van der Waals surface area contributed by atoms with E-state index in [-0.39, 0.29) is 10.8 Å². The van der Waals surface area contributed by atoms with Crippen molar-refractivity contribution in [1.82, 2.24) is 14.3 Å². The van der Waals surface area contributed by atoms with Crippen LogP contribution in [0.15, 0.2) is 78.0 Å². The minimum absolute atomic E-state index is 0.0702. The molecule has 0 saturated heterocycles. The Morgan fingerprint density at radius 2 is 1.81 bits per heavy atom. The molecule has 0 spiro atoms. The lowest BCUT2D eigenvalue weighted by atomic mass is 10.1. The van der Waals surface area contributed by atoms with Gasteiger partial charge in [0.05, 0.1) is 10.4 Å². The number of hydrogen-bond donors (Lipinski definition) is 1. The first-order valence-electron chi connectivity index (χ1n) is 10.3. The maximum Gasteiger partial charge on any atom is 0.268 e. The number of carbonyl (C=O) groups is 1. The minimum Gasteiger partial charge on any atom is -0.352 e. The monoisotopic (exact) mass is 449 g/mol. The number of fused-ring (bicyclic) bond motifs is 1. The van der Waals surface area contributed by atoms with Gasteiger partial charge in [0.25, 0.3) is 15.9 Å². The van der Waals surface area contributed by atoms with E-state index in [0.29, 0.717) is 40.1 Å². The number of pyridine rings is 1. The fourth-order valence-corrected chi connectivity index (χ4v) is 5.04. The van der Waals surface area contributed by atoms with Gasteiger partial charge >= 0.3 is 0 Å². The van der Waals surface area contributed by atoms with Gasteiger partial charge in [0.15, 0.2) is 0 Å². The fourth-order valence-electron chi connectivity index (χ4n) is 3.67. The summed E-state index contributed by atoms with van der Waals surface area (Å²) in [6.45, 7) is 0.648. The van der Waals surface area contributed by atoms with Crippen molar-refractivity contribution in [2.45, 2.75) is 17.7 Å². The number of nitrogens with one attached hydrogen (secondary N) is 1. The zero-order valence-corrected chi connectivity index (χ0v) is 17.8. The number of nitrogens with zero attached hydrogens (tertiary/aromatic N) is 2. The quantitative estimate of drug-likeness (QED) is 0.447. The molecule has 1 aliphatic carbocycles. The summed E-state index contributed by atoms with van der Waals surface area (Å²) in [5, 5.41) is 3.58. The van der Waals surface area contributed by atoms with Crippen LogP contribution >= 0.6 is 0 Å². The van der Waals surface area contributed by atoms with Crippen molar-refractivity contribution in [3.05, 3.63) is 84.6 Å². The Morgan fingerprint density at radius 1 is 1.06 bits per heavy atom. The van der Waals surface area contributed by atoms with Crippen molar-refractivity contribution in [3.63, 3.8) is 0 Å². The highest BCUT2D eigenvalue weighted by atomic mass is 32.2. The number of halogens is 1. The predicted molar refractivity (Wildman–Crippen MR) is 119 cm³/mol. The Morgan fingerprint density at radius 3 is 2.50 bits per heavy atom. The highest BCUT2D eigenvalue weighted by Gasteiger charge is 2.24. The van der Waals surface area contributed by atoms with E-state index < -0.39 is 16.0 Å². The van der Waals surface area contributed by atoms with Gasteiger partial charge < -0.3 is 5.32 Å². The predicted octanol–water partition coefficient (Wildman–Crippen LogP) is 4.22. The smallest absolute Gasteiger partial charge is 0.268 e. The first-order valence-corrected chi connectivity index (χ1v) is 11.7. The van der Waals surface area contributed by atoms with E-state index in [0.717, 1.165) is 12.8 Å². The van der Waals surface area contributed by atoms with Crippen molar-refractivity contribution in [2.24, 2.45) is 5.92 Å². The molecule has 1 saturated carbocycles. The Kier molecular flexibility index (Phi) is 5.01. The number of carbonyl (C=O) groups excluding carboxylic acids is 1. The van der Waals surface area contributed by atoms with Crippen molar-refractivity contribution in [1.29, 1.82) is 0 Å². The van der Waals surface area contributed by atoms with E-state index in [2.05, 4.69) is 10.3 Å². The summed E-state index contributed by atoms with van der Waals surface area (Å²) in [5.41, 5.74) is 2.16. The molecule has 2 heterocycles. The molecule has 1 fully saturated rings. The van der Waals surface area contributed by atoms with Gasteiger partial charge in [0.2, 0.25) is 5.95 Å². The largest absolute Gasteiger partial charge is 0.352 e. The second kappa shape index (κ2) is 7.87. The van der Waals surface area contributed by atoms with Crippen molar-refractivity contribution in [2.75, 3.05) is 6.54 Å². The third-order valence-electron chi connectivity index (χ3n) is 5.64. The SMILES string of the molecule is O=C(NCC1CC1)c1ccc(S(=O)(=O)n2cc(-c3ccc(F)nc3)c3ccccc32)cc1. The average molecular weight is 450 g/mol. The molecule has 162 valence electrons. The summed E-state index contributed by atoms with van der Waals surface area (Å²) >= 11 is 0. The summed E-state index contributed by atoms with van der Waals surface area (Å²) in [6.07, 6.45) is 5.17. The van der Waals surface area contributed by atoms with Crippen LogP contribution in [0.4, 0.5) is 4.39 Å². The van der Waals surface area contributed by atoms with Crippen molar-refractivity contribution < 1.29 is 17.6 Å². The standard InChI is InChI=1S/C24H20FN3O3S/c25-23-12-9-18(14-26-23)21-15-28(22-4-2-1-3-20(21)22)32(30,31)19-10-7-17(8-11-19)24(29)27-13-16-5-6-16/h1-4,7-12,14-16H,5-6,13H2,(H,27,29). The van der Waals surface area contributed by atoms with Crippen LogP contribution in [0.2, 0.25) is 0 Å². The highest BCUT2D eigenvalue weighted by Crippen LogP contribution is 2.33. The lowest BCUT2D eigenvalue weighted by molar-refractivity contribution is 0.0951. The number of hydrogen-bond acceptors (Lipinski definition) is 4. The normalized spacial score (nSPS) is 13.9. The number of amides is 1. The summed E-state index contributed by atoms with van der Waals surface area (Å²) in [5.74, 6) is -0.254. The molecular weight excluding hydrogens is 429 g/mol. The van der Waals surface area contributed by atoms with Crippen LogP contribution in [-0.4, -0.2) is 29.8 Å². The number of aromatic nitrogens is 2. The van der Waals surface area contributed by atoms with Crippen LogP contribution in [0.5, 0.6) is 0 Å². The molecule has 32 heavy (non-hydrogen) atoms. The molecule has 0 atom stereocenters. The molecule has 5 rings (SSSR count). The van der Waals surface area contributed by atoms with Crippen LogP contribution in [0, 0.1) is 11.9 Å². The molecule has 6 nitrogen and oxygen atoms in total. The zero-order valence-electron chi connectivity index (χ0n) is 17.0. The summed E-state index contributed by atoms with van der Waals surface area (Å²) < 4.78 is 41.4. The molecule has 0 unspecified atom stereocenters. The third kappa shape index (κ3) is 3.78. The zero-order chi connectivity index (χ0) is 22.3. The van der Waals surface area contributed by atoms with Crippen LogP contribution in [0.3, 0.4) is 0 Å². The van der Waals surface area contributed by atoms with Gasteiger partial charge in [-0.25, -0.2) is 17.4 Å². The first kappa shape index (κ1) is 20.4. The van der Waals surface area contributed by atoms with E-state index in [1.807, 2.05) is 12.1 Å². The van der Waals surface area contributed by atoms with Gasteiger partial charge in [-0.15, -0.1) is 0 Å². The lowest BCUT2D eigenvalue weighted by Gasteiger charge is -2.09. The molecule has 1 N–H and O–H groups in total. The molecule has 1 aliphatic rings. The van der Waals surface area contributed by atoms with Gasteiger partial charge in [-0.1, -0.05) is 18.2 Å². The number of benzene rings is 2. The first-order chi connectivity index (χ1) is 15.4. The molecule has 0 bridgehead atoms. The second-order valence-corrected chi connectivity index (χ2v) is 9.72. The third-order valence-corrected chi connectivity index (χ3v) is 7.33. The van der Waals surface area contributed by atoms with E-state index in [9.17, 15) is 17.6 Å². The van der Waals surface area contributed by atoms with Gasteiger partial charge in [-0.2, -0.15) is 4.39 Å². The van der Waals surface area contributed by atoms with E-state index in [1.54, 1.807) is 18.2 Å². The van der Waals surface area contributed by atoms with Gasteiger partial charge in [-0.3, -0.25) is 4.79 Å². The highest BCUT2D eigenvalue weighted by molar-refractivity contribution is 7.90. The molecule has 1 amide bonds. The van der Waals surface area contributed by atoms with Gasteiger partial charge in [-0.05, 0) is 61.2 Å². The van der Waals surface area contributed by atoms with Crippen molar-refractivity contribution in [3.8, 4) is 11.1 Å². The van der Waals surface area contributed by atoms with E-state index >= 15 is 0 Å². The van der Waals surface area contributed by atoms with Gasteiger partial charge in [0.1, 0.15) is 0 Å². The Bertz CT molecular complexity index is 1410. The molecule has 0 radical (unpaired) electrons. The molecule has 4 aromatic rings. The molecule has 0 aliphatic heterocycles. The second-order valence-electron chi connectivity index (χ2n) is 7.91. The summed E-state index contributed by atoms with van der Waals surface area (Å²) in [6, 6.07) is 15.8. The van der Waals surface area contributed by atoms with Gasteiger partial charge in [0, 0.05) is 41.0 Å². The Hall–Kier alpha value is -3.52. The fraction of sp³-hybridized carbons (Fsp3) is 0.167. The van der Waals surface area contributed by atoms with Crippen LogP contribution in [0.1, 0.15) is 23.2 Å². The summed E-state index contributed by atoms with van der Waals surface area (Å²) in [4.78, 5) is 16.0. The topological polar surface area (TPSA) is 81.1 Å². The molecule has 2 aromatic carbocycles. The Balaban J connectivity index is 1.51. The maximum absolute atomic E-state index is 13.4. The van der Waals surface area contributed by atoms with Crippen LogP contribution < -0.4 is 5.32 Å². The summed E-state index contributed by atoms with van der Waals surface area (Å²) in [7, 11) is -3.93. The van der Waals surface area contributed by atoms with Crippen molar-refractivity contribution >= 4 is 26.8 Å². The minimum atomic E-state index is -3.93. The maximum atomic E-state index is 13.4. The molecule has 8 heteroatoms. The lowest BCUT2D eigenvalue weighted by Crippen LogP contribution is -2.25. The Labute approximate surface area is 184 Å². The van der Waals surface area contributed by atoms with Crippen LogP contribution in [-0.2, 0) is 10.0 Å². The molecular formula is C24H20FN3O3S. The number of para-hydroxylation sites is 1. The molecule has 2 aromatic heterocycles. The number of rotatable bonds is 6.